The molecule has 0 aromatic heterocycles. The van der Waals surface area contributed by atoms with Crippen LogP contribution in [0, 0.1) is 10.1 Å². The fourth-order valence-electron chi connectivity index (χ4n) is 2.29. The summed E-state index contributed by atoms with van der Waals surface area (Å²) in [5.74, 6) is -1.07. The lowest BCUT2D eigenvalue weighted by atomic mass is 10.1. The molecule has 1 saturated heterocycles. The Morgan fingerprint density at radius 1 is 1.48 bits per heavy atom. The fourth-order valence-corrected chi connectivity index (χ4v) is 3.60. The van der Waals surface area contributed by atoms with Gasteiger partial charge >= 0.3 is 11.7 Å². The molecule has 1 aliphatic rings. The highest BCUT2D eigenvalue weighted by Gasteiger charge is 2.31. The number of phenolic OH excluding ortho intramolecular Hbond substituents is 1. The number of benzene rings is 1. The number of ether oxygens (including phenoxy) is 1. The second-order valence-corrected chi connectivity index (χ2v) is 7.34. The molecule has 1 heterocycles. The highest BCUT2D eigenvalue weighted by Crippen LogP contribution is 2.34. The maximum atomic E-state index is 12.5. The van der Waals surface area contributed by atoms with Crippen molar-refractivity contribution in [2.24, 2.45) is 0 Å². The second kappa shape index (κ2) is 9.47. The van der Waals surface area contributed by atoms with Gasteiger partial charge in [-0.15, -0.1) is 0 Å². The quantitative estimate of drug-likeness (QED) is 0.229. The average Bonchev–Trinajstić information content (AvgIpc) is 2.88. The van der Waals surface area contributed by atoms with Gasteiger partial charge in [0.05, 0.1) is 16.4 Å². The molecule has 10 heteroatoms. The Balaban J connectivity index is 2.03. The van der Waals surface area contributed by atoms with Crippen molar-refractivity contribution in [2.75, 3.05) is 13.2 Å². The number of hydrogen-bond acceptors (Lipinski definition) is 8. The van der Waals surface area contributed by atoms with Crippen molar-refractivity contribution >= 4 is 51.9 Å². The smallest absolute Gasteiger partial charge is 0.311 e. The SMILES string of the molecule is CCCOC(=O)CCCN1C(=O)/C(=C/c2ccc(O)c([N+](=O)[O-])c2)SC1=S. The minimum absolute atomic E-state index is 0.195. The number of esters is 1. The molecule has 2 rings (SSSR count). The minimum atomic E-state index is -0.699. The summed E-state index contributed by atoms with van der Waals surface area (Å²) >= 11 is 6.30. The van der Waals surface area contributed by atoms with Crippen LogP contribution in [0.1, 0.15) is 31.7 Å². The van der Waals surface area contributed by atoms with Crippen molar-refractivity contribution in [3.8, 4) is 5.75 Å². The summed E-state index contributed by atoms with van der Waals surface area (Å²) in [6, 6.07) is 3.86. The first-order valence-corrected chi connectivity index (χ1v) is 9.44. The molecule has 1 aromatic rings. The van der Waals surface area contributed by atoms with E-state index in [9.17, 15) is 24.8 Å². The lowest BCUT2D eigenvalue weighted by Crippen LogP contribution is -2.29. The number of nitrogens with zero attached hydrogens (tertiary/aromatic N) is 2. The van der Waals surface area contributed by atoms with Gasteiger partial charge in [-0.25, -0.2) is 0 Å². The third-order valence-electron chi connectivity index (χ3n) is 3.60. The van der Waals surface area contributed by atoms with E-state index >= 15 is 0 Å². The zero-order chi connectivity index (χ0) is 20.0. The van der Waals surface area contributed by atoms with Crippen LogP contribution >= 0.6 is 24.0 Å². The Kier molecular flexibility index (Phi) is 7.31. The normalized spacial score (nSPS) is 15.4. The number of hydrogen-bond donors (Lipinski definition) is 1. The summed E-state index contributed by atoms with van der Waals surface area (Å²) < 4.78 is 5.35. The molecular weight excluding hydrogens is 392 g/mol. The number of carbonyl (C=O) groups is 2. The van der Waals surface area contributed by atoms with Crippen LogP contribution in [-0.2, 0) is 14.3 Å². The molecule has 0 radical (unpaired) electrons. The van der Waals surface area contributed by atoms with E-state index in [1.54, 1.807) is 0 Å². The van der Waals surface area contributed by atoms with Crippen LogP contribution in [-0.4, -0.2) is 44.3 Å². The molecule has 0 atom stereocenters. The van der Waals surface area contributed by atoms with E-state index in [4.69, 9.17) is 17.0 Å². The highest BCUT2D eigenvalue weighted by molar-refractivity contribution is 8.26. The van der Waals surface area contributed by atoms with Gasteiger partial charge < -0.3 is 9.84 Å². The van der Waals surface area contributed by atoms with Crippen molar-refractivity contribution in [1.29, 1.82) is 0 Å². The molecule has 0 saturated carbocycles. The van der Waals surface area contributed by atoms with E-state index in [2.05, 4.69) is 0 Å². The number of thioether (sulfide) groups is 1. The molecule has 1 N–H and O–H groups in total. The van der Waals surface area contributed by atoms with Crippen LogP contribution in [0.4, 0.5) is 5.69 Å². The van der Waals surface area contributed by atoms with Crippen molar-refractivity contribution in [3.05, 3.63) is 38.8 Å². The highest BCUT2D eigenvalue weighted by atomic mass is 32.2. The molecule has 1 aliphatic heterocycles. The third-order valence-corrected chi connectivity index (χ3v) is 4.98. The molecule has 144 valence electrons. The van der Waals surface area contributed by atoms with Gasteiger partial charge in [0.25, 0.3) is 5.91 Å². The van der Waals surface area contributed by atoms with Gasteiger partial charge in [-0.3, -0.25) is 24.6 Å². The van der Waals surface area contributed by atoms with Crippen LogP contribution in [0.5, 0.6) is 5.75 Å². The summed E-state index contributed by atoms with van der Waals surface area (Å²) in [6.07, 6.45) is 2.86. The van der Waals surface area contributed by atoms with E-state index in [1.807, 2.05) is 6.92 Å². The molecule has 0 aliphatic carbocycles. The van der Waals surface area contributed by atoms with Gasteiger partial charge in [-0.05, 0) is 30.5 Å². The Morgan fingerprint density at radius 2 is 2.22 bits per heavy atom. The lowest BCUT2D eigenvalue weighted by Gasteiger charge is -2.13. The first-order valence-electron chi connectivity index (χ1n) is 8.22. The minimum Gasteiger partial charge on any atom is -0.502 e. The first kappa shape index (κ1) is 20.8. The second-order valence-electron chi connectivity index (χ2n) is 5.66. The number of nitro benzene ring substituents is 1. The first-order chi connectivity index (χ1) is 12.8. The van der Waals surface area contributed by atoms with Gasteiger partial charge in [0.2, 0.25) is 0 Å². The third kappa shape index (κ3) is 5.51. The molecule has 1 amide bonds. The Hall–Kier alpha value is -2.46. The van der Waals surface area contributed by atoms with Crippen LogP contribution in [0.15, 0.2) is 23.1 Å². The predicted octanol–water partition coefficient (Wildman–Crippen LogP) is 3.24. The topological polar surface area (TPSA) is 110 Å². The van der Waals surface area contributed by atoms with Crippen LogP contribution < -0.4 is 0 Å². The molecular formula is C17H18N2O6S2. The number of rotatable bonds is 8. The fraction of sp³-hybridized carbons (Fsp3) is 0.353. The summed E-state index contributed by atoms with van der Waals surface area (Å²) in [7, 11) is 0. The Bertz CT molecular complexity index is 809. The molecule has 1 fully saturated rings. The van der Waals surface area contributed by atoms with Crippen LogP contribution in [0.25, 0.3) is 6.08 Å². The van der Waals surface area contributed by atoms with Gasteiger partial charge in [-0.2, -0.15) is 0 Å². The lowest BCUT2D eigenvalue weighted by molar-refractivity contribution is -0.385. The summed E-state index contributed by atoms with van der Waals surface area (Å²) in [5, 5.41) is 20.4. The maximum absolute atomic E-state index is 12.5. The van der Waals surface area contributed by atoms with Crippen LogP contribution in [0.2, 0.25) is 0 Å². The maximum Gasteiger partial charge on any atom is 0.311 e. The molecule has 0 spiro atoms. The zero-order valence-electron chi connectivity index (χ0n) is 14.5. The van der Waals surface area contributed by atoms with Gasteiger partial charge in [-0.1, -0.05) is 37.0 Å². The predicted molar refractivity (Wildman–Crippen MR) is 105 cm³/mol. The number of amides is 1. The van der Waals surface area contributed by atoms with E-state index in [-0.39, 0.29) is 18.3 Å². The summed E-state index contributed by atoms with van der Waals surface area (Å²) in [4.78, 5) is 35.9. The number of thiocarbonyl (C=S) groups is 1. The van der Waals surface area contributed by atoms with E-state index in [0.29, 0.717) is 34.4 Å². The number of phenols is 1. The zero-order valence-corrected chi connectivity index (χ0v) is 16.2. The summed E-state index contributed by atoms with van der Waals surface area (Å²) in [5.41, 5.74) is -0.0343. The van der Waals surface area contributed by atoms with Crippen molar-refractivity contribution < 1.29 is 24.4 Å². The van der Waals surface area contributed by atoms with E-state index in [0.717, 1.165) is 18.2 Å². The van der Waals surface area contributed by atoms with Crippen molar-refractivity contribution in [2.45, 2.75) is 26.2 Å². The Morgan fingerprint density at radius 3 is 2.89 bits per heavy atom. The van der Waals surface area contributed by atoms with Gasteiger partial charge in [0, 0.05) is 19.0 Å². The molecule has 8 nitrogen and oxygen atoms in total. The van der Waals surface area contributed by atoms with Gasteiger partial charge in [0.1, 0.15) is 4.32 Å². The Labute approximate surface area is 165 Å². The molecule has 0 unspecified atom stereocenters. The monoisotopic (exact) mass is 410 g/mol. The molecule has 1 aromatic carbocycles. The standard InChI is InChI=1S/C17H18N2O6S2/c1-2-8-25-15(21)4-3-7-18-16(22)14(27-17(18)26)10-11-5-6-13(20)12(9-11)19(23)24/h5-6,9-10,20H,2-4,7-8H2,1H3/b14-10-. The average molecular weight is 410 g/mol. The van der Waals surface area contributed by atoms with Crippen LogP contribution in [0.3, 0.4) is 0 Å². The van der Waals surface area contributed by atoms with Gasteiger partial charge in [0.15, 0.2) is 5.75 Å². The number of carbonyl (C=O) groups excluding carboxylic acids is 2. The summed E-state index contributed by atoms with van der Waals surface area (Å²) in [6.45, 7) is 2.57. The van der Waals surface area contributed by atoms with Crippen molar-refractivity contribution in [3.63, 3.8) is 0 Å². The molecule has 0 bridgehead atoms. The van der Waals surface area contributed by atoms with E-state index < -0.39 is 16.4 Å². The number of aromatic hydroxyl groups is 1. The van der Waals surface area contributed by atoms with E-state index in [1.165, 1.54) is 29.2 Å². The number of nitro groups is 1. The largest absolute Gasteiger partial charge is 0.502 e. The molecule has 27 heavy (non-hydrogen) atoms. The van der Waals surface area contributed by atoms with Crippen molar-refractivity contribution in [1.82, 2.24) is 4.90 Å².